The number of hydrogen-bond donors (Lipinski definition) is 2. The van der Waals surface area contributed by atoms with Crippen LogP contribution in [-0.2, 0) is 14.8 Å². The molecule has 2 N–H and O–H groups in total. The van der Waals surface area contributed by atoms with Crippen molar-refractivity contribution in [2.24, 2.45) is 11.3 Å². The molecule has 1 aliphatic carbocycles. The molecule has 1 unspecified atom stereocenters. The summed E-state index contributed by atoms with van der Waals surface area (Å²) in [5, 5.41) is 17.0. The molecule has 1 atom stereocenters. The molecule has 1 amide bonds. The number of hydrogen-bond acceptors (Lipinski definition) is 12. The molecule has 3 fully saturated rings. The predicted molar refractivity (Wildman–Crippen MR) is 253 cm³/mol. The number of anilines is 1. The van der Waals surface area contributed by atoms with Gasteiger partial charge in [-0.15, -0.1) is 0 Å². The lowest BCUT2D eigenvalue weighted by molar-refractivity contribution is -0.386. The van der Waals surface area contributed by atoms with Gasteiger partial charge >= 0.3 is 5.69 Å². The van der Waals surface area contributed by atoms with Crippen molar-refractivity contribution in [1.29, 1.82) is 0 Å². The van der Waals surface area contributed by atoms with Gasteiger partial charge < -0.3 is 14.4 Å². The number of nitrogens with zero attached hydrogens (tertiary/aromatic N) is 7. The maximum Gasteiger partial charge on any atom is 0.312 e. The van der Waals surface area contributed by atoms with Gasteiger partial charge in [0.05, 0.1) is 52.4 Å². The van der Waals surface area contributed by atoms with Crippen LogP contribution in [0.3, 0.4) is 0 Å². The van der Waals surface area contributed by atoms with Crippen LogP contribution in [0.1, 0.15) is 55.5 Å². The number of halogens is 1. The minimum Gasteiger partial charge on any atom is -0.486 e. The average molecular weight is 935 g/mol. The van der Waals surface area contributed by atoms with Gasteiger partial charge in [-0.3, -0.25) is 34.5 Å². The van der Waals surface area contributed by atoms with E-state index in [1.165, 1.54) is 28.8 Å². The van der Waals surface area contributed by atoms with Crippen molar-refractivity contribution in [3.63, 3.8) is 0 Å². The van der Waals surface area contributed by atoms with Crippen LogP contribution < -0.4 is 14.4 Å². The summed E-state index contributed by atoms with van der Waals surface area (Å²) in [6, 6.07) is 21.1. The van der Waals surface area contributed by atoms with Gasteiger partial charge in [-0.25, -0.2) is 23.1 Å². The third-order valence-corrected chi connectivity index (χ3v) is 15.2. The second kappa shape index (κ2) is 17.8. The molecule has 0 bridgehead atoms. The lowest BCUT2D eigenvalue weighted by Gasteiger charge is -2.39. The van der Waals surface area contributed by atoms with Crippen LogP contribution in [-0.4, -0.2) is 120 Å². The fraction of sp³-hybridized carbons (Fsp3) is 0.396. The molecule has 6 heterocycles. The Labute approximate surface area is 387 Å². The Morgan fingerprint density at radius 1 is 1.03 bits per heavy atom. The number of rotatable bonds is 13. The lowest BCUT2D eigenvalue weighted by atomic mass is 9.72. The SMILES string of the molecule is CC1(C)CCC(CN2CCN(c3ccc(C(=O)NS(=O)(=O)c4ccc(OCC5CCN(C6COC6)C5)c([N+](=O)[O-])c4)c(-n4[nH]cc5nc6nccc6cc54)c3)CC2)=C(c2ccc(Cl)cc2)C1. The number of nitro groups is 1. The van der Waals surface area contributed by atoms with E-state index in [0.717, 1.165) is 93.7 Å². The van der Waals surface area contributed by atoms with Gasteiger partial charge in [0.1, 0.15) is 5.52 Å². The highest BCUT2D eigenvalue weighted by molar-refractivity contribution is 7.90. The van der Waals surface area contributed by atoms with Crippen molar-refractivity contribution >= 4 is 66.5 Å². The van der Waals surface area contributed by atoms with E-state index in [0.29, 0.717) is 41.6 Å². The monoisotopic (exact) mass is 933 g/mol. The van der Waals surface area contributed by atoms with Crippen LogP contribution in [0.15, 0.2) is 95.7 Å². The minimum atomic E-state index is -4.60. The average Bonchev–Trinajstić information content (AvgIpc) is 4.05. The highest BCUT2D eigenvalue weighted by Gasteiger charge is 2.34. The lowest BCUT2D eigenvalue weighted by Crippen LogP contribution is -2.48. The second-order valence-electron chi connectivity index (χ2n) is 18.7. The number of fused-ring (bicyclic) bond motifs is 2. The number of piperazine rings is 1. The van der Waals surface area contributed by atoms with Crippen molar-refractivity contribution in [2.75, 3.05) is 70.5 Å². The number of aromatic nitrogens is 4. The van der Waals surface area contributed by atoms with E-state index in [1.54, 1.807) is 23.1 Å². The van der Waals surface area contributed by atoms with Gasteiger partial charge in [0, 0.05) is 79.7 Å². The predicted octanol–water partition coefficient (Wildman–Crippen LogP) is 7.47. The number of carbonyl (C=O) groups excluding carboxylic acids is 1. The third-order valence-electron chi connectivity index (χ3n) is 13.7. The number of allylic oxidation sites excluding steroid dienone is 1. The number of nitro benzene ring substituents is 1. The molecule has 344 valence electrons. The fourth-order valence-corrected chi connectivity index (χ4v) is 10.9. The third kappa shape index (κ3) is 9.01. The summed E-state index contributed by atoms with van der Waals surface area (Å²) in [5.41, 5.74) is 6.98. The topological polar surface area (TPSA) is 181 Å². The Bertz CT molecular complexity index is 2980. The zero-order chi connectivity index (χ0) is 45.7. The molecule has 0 spiro atoms. The van der Waals surface area contributed by atoms with Crippen molar-refractivity contribution in [3.05, 3.63) is 117 Å². The fourth-order valence-electron chi connectivity index (χ4n) is 9.74. The molecule has 18 heteroatoms. The number of pyridine rings is 1. The summed E-state index contributed by atoms with van der Waals surface area (Å²) < 4.78 is 42.9. The van der Waals surface area contributed by atoms with Crippen LogP contribution in [0.5, 0.6) is 5.75 Å². The number of likely N-dealkylation sites (tertiary alicyclic amines) is 1. The first kappa shape index (κ1) is 44.0. The number of carbonyl (C=O) groups is 1. The molecule has 3 aliphatic heterocycles. The van der Waals surface area contributed by atoms with Gasteiger partial charge in [-0.2, -0.15) is 0 Å². The molecule has 0 saturated carbocycles. The van der Waals surface area contributed by atoms with E-state index in [-0.39, 0.29) is 29.3 Å². The molecule has 10 rings (SSSR count). The molecular weight excluding hydrogens is 882 g/mol. The van der Waals surface area contributed by atoms with Gasteiger partial charge in [0.2, 0.25) is 0 Å². The first-order valence-electron chi connectivity index (χ1n) is 22.5. The summed E-state index contributed by atoms with van der Waals surface area (Å²) in [6.07, 6.45) is 7.47. The maximum atomic E-state index is 14.3. The van der Waals surface area contributed by atoms with Gasteiger partial charge in [-0.1, -0.05) is 43.2 Å². The van der Waals surface area contributed by atoms with Crippen LogP contribution in [0.25, 0.3) is 33.3 Å². The maximum absolute atomic E-state index is 14.3. The van der Waals surface area contributed by atoms with Crippen LogP contribution in [0.4, 0.5) is 11.4 Å². The minimum absolute atomic E-state index is 0.0371. The Balaban J connectivity index is 0.890. The highest BCUT2D eigenvalue weighted by atomic mass is 35.5. The summed E-state index contributed by atoms with van der Waals surface area (Å²) >= 11 is 6.26. The number of benzene rings is 3. The first-order valence-corrected chi connectivity index (χ1v) is 24.3. The molecule has 0 radical (unpaired) electrons. The van der Waals surface area contributed by atoms with Crippen molar-refractivity contribution in [2.45, 2.75) is 50.5 Å². The number of H-pyrrole nitrogens is 1. The molecule has 3 aromatic carbocycles. The molecular formula is C48H52ClN9O7S. The summed E-state index contributed by atoms with van der Waals surface area (Å²) in [7, 11) is -4.60. The van der Waals surface area contributed by atoms with Gasteiger partial charge in [0.15, 0.2) is 11.4 Å². The molecule has 66 heavy (non-hydrogen) atoms. The molecule has 4 aliphatic rings. The van der Waals surface area contributed by atoms with Crippen molar-refractivity contribution < 1.29 is 27.6 Å². The number of sulfonamides is 1. The zero-order valence-corrected chi connectivity index (χ0v) is 38.5. The van der Waals surface area contributed by atoms with Crippen LogP contribution in [0, 0.1) is 21.4 Å². The number of amides is 1. The Morgan fingerprint density at radius 3 is 2.59 bits per heavy atom. The van der Waals surface area contributed by atoms with E-state index in [2.05, 4.69) is 60.5 Å². The first-order chi connectivity index (χ1) is 31.8. The normalized spacial score (nSPS) is 19.7. The summed E-state index contributed by atoms with van der Waals surface area (Å²) in [6.45, 7) is 12.0. The number of aromatic amines is 1. The number of ether oxygens (including phenoxy) is 2. The Kier molecular flexibility index (Phi) is 11.8. The van der Waals surface area contributed by atoms with E-state index in [9.17, 15) is 23.3 Å². The number of nitrogens with one attached hydrogen (secondary N) is 2. The molecule has 3 saturated heterocycles. The summed E-state index contributed by atoms with van der Waals surface area (Å²) in [4.78, 5) is 41.5. The Hall–Kier alpha value is -5.85. The smallest absolute Gasteiger partial charge is 0.312 e. The van der Waals surface area contributed by atoms with Crippen molar-refractivity contribution in [3.8, 4) is 11.4 Å². The Morgan fingerprint density at radius 2 is 1.83 bits per heavy atom. The second-order valence-corrected chi connectivity index (χ2v) is 20.8. The van der Waals surface area contributed by atoms with E-state index in [1.807, 2.05) is 36.4 Å². The van der Waals surface area contributed by atoms with E-state index in [4.69, 9.17) is 21.1 Å². The van der Waals surface area contributed by atoms with Gasteiger partial charge in [0.25, 0.3) is 15.9 Å². The van der Waals surface area contributed by atoms with Crippen LogP contribution in [0.2, 0.25) is 5.02 Å². The zero-order valence-electron chi connectivity index (χ0n) is 36.9. The standard InChI is InChI=1S/C48H52ClN9O7S/c1-48(2)14-11-34(40(24-48)32-3-5-35(49)6-4-32)27-54-17-19-55(20-18-54)36-7-9-39(42(22-36)57-43-21-33-12-15-50-46(33)52-41(43)25-51-57)47(59)53-66(62,63)38-8-10-45(44(23-38)58(60)61)65-28-31-13-16-56(26-31)37-29-64-30-37/h3-10,12,15,21-23,25,31,37,51H,11,13-14,16-20,24,26-30H2,1-2H3,(H,53,59). The largest absolute Gasteiger partial charge is 0.486 e. The van der Waals surface area contributed by atoms with E-state index >= 15 is 0 Å². The summed E-state index contributed by atoms with van der Waals surface area (Å²) in [5.74, 6) is -0.778. The molecule has 16 nitrogen and oxygen atoms in total. The van der Waals surface area contributed by atoms with Crippen molar-refractivity contribution in [1.82, 2.24) is 34.3 Å². The molecule has 6 aromatic rings. The van der Waals surface area contributed by atoms with E-state index < -0.39 is 31.4 Å². The molecule has 3 aromatic heterocycles. The van der Waals surface area contributed by atoms with Gasteiger partial charge in [-0.05, 0) is 103 Å². The van der Waals surface area contributed by atoms with Crippen LogP contribution >= 0.6 is 11.6 Å². The quantitative estimate of drug-likeness (QED) is 0.0863. The highest BCUT2D eigenvalue weighted by Crippen LogP contribution is 2.43.